The number of halogens is 3. The van der Waals surface area contributed by atoms with Crippen molar-refractivity contribution in [2.45, 2.75) is 23.5 Å². The molecule has 0 fully saturated rings. The maximum Gasteiger partial charge on any atom is 0.250 e. The van der Waals surface area contributed by atoms with Crippen LogP contribution in [0.25, 0.3) is 0 Å². The monoisotopic (exact) mass is 471 g/mol. The van der Waals surface area contributed by atoms with Crippen LogP contribution in [-0.2, 0) is 10.0 Å². The molecule has 1 heterocycles. The summed E-state index contributed by atoms with van der Waals surface area (Å²) in [5.41, 5.74) is 0. The summed E-state index contributed by atoms with van der Waals surface area (Å²) in [5.74, 6) is 0. The van der Waals surface area contributed by atoms with E-state index in [1.807, 2.05) is 0 Å². The molecular weight excluding hydrogens is 460 g/mol. The van der Waals surface area contributed by atoms with Crippen molar-refractivity contribution >= 4 is 71.5 Å². The third-order valence-corrected chi connectivity index (χ3v) is 7.16. The molecule has 98 valence electrons. The standard InChI is InChI=1S/C9H12BrClINO2S2/c10-9-7(11)6-8(16-9)17(14,15)13-5-3-1-2-4-12/h6,13H,1-5H2. The Balaban J connectivity index is 2.51. The average Bonchev–Trinajstić information content (AvgIpc) is 2.60. The highest BCUT2D eigenvalue weighted by Gasteiger charge is 2.18. The van der Waals surface area contributed by atoms with Crippen LogP contribution in [0.15, 0.2) is 14.1 Å². The van der Waals surface area contributed by atoms with Crippen molar-refractivity contribution in [3.8, 4) is 0 Å². The van der Waals surface area contributed by atoms with E-state index in [1.165, 1.54) is 6.07 Å². The topological polar surface area (TPSA) is 46.2 Å². The van der Waals surface area contributed by atoms with Crippen LogP contribution in [0.2, 0.25) is 5.02 Å². The molecule has 1 aromatic heterocycles. The highest BCUT2D eigenvalue weighted by molar-refractivity contribution is 14.1. The Kier molecular flexibility index (Phi) is 7.26. The van der Waals surface area contributed by atoms with E-state index in [-0.39, 0.29) is 4.21 Å². The molecule has 17 heavy (non-hydrogen) atoms. The molecule has 0 unspecified atom stereocenters. The number of rotatable bonds is 7. The predicted molar refractivity (Wildman–Crippen MR) is 85.0 cm³/mol. The van der Waals surface area contributed by atoms with Crippen LogP contribution in [0.5, 0.6) is 0 Å². The van der Waals surface area contributed by atoms with E-state index in [0.29, 0.717) is 15.4 Å². The molecule has 8 heteroatoms. The van der Waals surface area contributed by atoms with Crippen LogP contribution in [0.4, 0.5) is 0 Å². The fraction of sp³-hybridized carbons (Fsp3) is 0.556. The highest BCUT2D eigenvalue weighted by Crippen LogP contribution is 2.34. The minimum absolute atomic E-state index is 0.253. The molecule has 0 aromatic carbocycles. The summed E-state index contributed by atoms with van der Waals surface area (Å²) < 4.78 is 28.3. The first kappa shape index (κ1) is 16.2. The zero-order chi connectivity index (χ0) is 12.9. The van der Waals surface area contributed by atoms with Crippen LogP contribution >= 0.6 is 61.5 Å². The Hall–Kier alpha value is 1.11. The van der Waals surface area contributed by atoms with Gasteiger partial charge in [0.1, 0.15) is 4.21 Å². The number of hydrogen-bond acceptors (Lipinski definition) is 3. The normalized spacial score (nSPS) is 11.9. The first-order valence-electron chi connectivity index (χ1n) is 4.98. The Bertz CT molecular complexity index is 444. The molecule has 3 nitrogen and oxygen atoms in total. The Morgan fingerprint density at radius 2 is 2.12 bits per heavy atom. The van der Waals surface area contributed by atoms with Gasteiger partial charge in [0.15, 0.2) is 0 Å². The van der Waals surface area contributed by atoms with E-state index >= 15 is 0 Å². The van der Waals surface area contributed by atoms with Gasteiger partial charge >= 0.3 is 0 Å². The molecule has 1 N–H and O–H groups in total. The van der Waals surface area contributed by atoms with Gasteiger partial charge in [-0.2, -0.15) is 0 Å². The van der Waals surface area contributed by atoms with E-state index in [1.54, 1.807) is 0 Å². The fourth-order valence-electron chi connectivity index (χ4n) is 1.13. The summed E-state index contributed by atoms with van der Waals surface area (Å²) in [6.45, 7) is 0.478. The van der Waals surface area contributed by atoms with Crippen LogP contribution in [-0.4, -0.2) is 19.4 Å². The Morgan fingerprint density at radius 1 is 1.41 bits per heavy atom. The van der Waals surface area contributed by atoms with Gasteiger partial charge < -0.3 is 0 Å². The van der Waals surface area contributed by atoms with Gasteiger partial charge in [-0.25, -0.2) is 13.1 Å². The lowest BCUT2D eigenvalue weighted by Crippen LogP contribution is -2.23. The van der Waals surface area contributed by atoms with Gasteiger partial charge in [-0.1, -0.05) is 40.6 Å². The molecule has 0 aliphatic heterocycles. The third-order valence-electron chi connectivity index (χ3n) is 1.99. The Labute approximate surface area is 133 Å². The third kappa shape index (κ3) is 5.32. The van der Waals surface area contributed by atoms with Crippen molar-refractivity contribution in [2.75, 3.05) is 11.0 Å². The second-order valence-corrected chi connectivity index (χ2v) is 9.18. The van der Waals surface area contributed by atoms with Crippen molar-refractivity contribution in [1.29, 1.82) is 0 Å². The molecule has 0 amide bonds. The van der Waals surface area contributed by atoms with Gasteiger partial charge in [0.2, 0.25) is 10.0 Å². The average molecular weight is 473 g/mol. The SMILES string of the molecule is O=S(=O)(NCCCCCI)c1cc(Cl)c(Br)s1. The summed E-state index contributed by atoms with van der Waals surface area (Å²) in [7, 11) is -3.40. The molecular formula is C9H12BrClINO2S2. The lowest BCUT2D eigenvalue weighted by Gasteiger charge is -2.03. The minimum Gasteiger partial charge on any atom is -0.210 e. The largest absolute Gasteiger partial charge is 0.250 e. The van der Waals surface area contributed by atoms with Gasteiger partial charge in [-0.05, 0) is 39.3 Å². The van der Waals surface area contributed by atoms with Crippen molar-refractivity contribution in [3.63, 3.8) is 0 Å². The van der Waals surface area contributed by atoms with Crippen molar-refractivity contribution in [2.24, 2.45) is 0 Å². The second-order valence-electron chi connectivity index (χ2n) is 3.33. The fourth-order valence-corrected chi connectivity index (χ4v) is 5.19. The summed E-state index contributed by atoms with van der Waals surface area (Å²) in [4.78, 5) is 0. The van der Waals surface area contributed by atoms with Gasteiger partial charge in [0.25, 0.3) is 0 Å². The van der Waals surface area contributed by atoms with Crippen LogP contribution < -0.4 is 4.72 Å². The summed E-state index contributed by atoms with van der Waals surface area (Å²) in [6.07, 6.45) is 3.03. The molecule has 1 aromatic rings. The first-order chi connectivity index (χ1) is 7.97. The van der Waals surface area contributed by atoms with Crippen molar-refractivity contribution in [1.82, 2.24) is 4.72 Å². The molecule has 0 spiro atoms. The molecule has 0 atom stereocenters. The maximum absolute atomic E-state index is 11.8. The number of thiophene rings is 1. The number of hydrogen-bond donors (Lipinski definition) is 1. The predicted octanol–water partition coefficient (Wildman–Crippen LogP) is 4.05. The highest BCUT2D eigenvalue weighted by atomic mass is 127. The lowest BCUT2D eigenvalue weighted by molar-refractivity contribution is 0.578. The number of nitrogens with one attached hydrogen (secondary N) is 1. The molecule has 0 bridgehead atoms. The van der Waals surface area contributed by atoms with E-state index in [0.717, 1.165) is 35.0 Å². The second kappa shape index (κ2) is 7.64. The van der Waals surface area contributed by atoms with E-state index in [4.69, 9.17) is 11.6 Å². The van der Waals surface area contributed by atoms with Crippen LogP contribution in [0.3, 0.4) is 0 Å². The van der Waals surface area contributed by atoms with E-state index in [2.05, 4.69) is 43.2 Å². The smallest absolute Gasteiger partial charge is 0.210 e. The lowest BCUT2D eigenvalue weighted by atomic mass is 10.3. The van der Waals surface area contributed by atoms with Crippen LogP contribution in [0, 0.1) is 0 Å². The van der Waals surface area contributed by atoms with Gasteiger partial charge in [0, 0.05) is 6.54 Å². The summed E-state index contributed by atoms with van der Waals surface area (Å²) in [6, 6.07) is 1.46. The van der Waals surface area contributed by atoms with E-state index in [9.17, 15) is 8.42 Å². The molecule has 0 saturated carbocycles. The Morgan fingerprint density at radius 3 is 2.65 bits per heavy atom. The quantitative estimate of drug-likeness (QED) is 0.370. The van der Waals surface area contributed by atoms with Gasteiger partial charge in [-0.3, -0.25) is 0 Å². The van der Waals surface area contributed by atoms with Gasteiger partial charge in [0.05, 0.1) is 8.81 Å². The first-order valence-corrected chi connectivity index (χ1v) is 9.97. The van der Waals surface area contributed by atoms with Crippen molar-refractivity contribution < 1.29 is 8.42 Å². The zero-order valence-corrected chi connectivity index (χ0v) is 15.0. The molecule has 0 saturated heterocycles. The zero-order valence-electron chi connectivity index (χ0n) is 8.88. The van der Waals surface area contributed by atoms with E-state index < -0.39 is 10.0 Å². The summed E-state index contributed by atoms with van der Waals surface area (Å²) in [5, 5.41) is 0.431. The minimum atomic E-state index is -3.40. The number of sulfonamides is 1. The number of alkyl halides is 1. The molecule has 0 aliphatic carbocycles. The maximum atomic E-state index is 11.8. The molecule has 1 rings (SSSR count). The van der Waals surface area contributed by atoms with Crippen LogP contribution in [0.1, 0.15) is 19.3 Å². The molecule has 0 radical (unpaired) electrons. The molecule has 0 aliphatic rings. The van der Waals surface area contributed by atoms with Crippen molar-refractivity contribution in [3.05, 3.63) is 14.9 Å². The summed E-state index contributed by atoms with van der Waals surface area (Å²) >= 11 is 12.4. The number of unbranched alkanes of at least 4 members (excludes halogenated alkanes) is 2. The van der Waals surface area contributed by atoms with Gasteiger partial charge in [-0.15, -0.1) is 11.3 Å².